The summed E-state index contributed by atoms with van der Waals surface area (Å²) < 4.78 is 15.3. The molecule has 3 rings (SSSR count). The van der Waals surface area contributed by atoms with Gasteiger partial charge in [0.2, 0.25) is 5.91 Å². The average Bonchev–Trinajstić information content (AvgIpc) is 2.70. The van der Waals surface area contributed by atoms with Crippen molar-refractivity contribution in [2.75, 3.05) is 19.5 Å². The van der Waals surface area contributed by atoms with Crippen molar-refractivity contribution in [3.8, 4) is 5.75 Å². The van der Waals surface area contributed by atoms with Gasteiger partial charge in [0.15, 0.2) is 12.6 Å². The lowest BCUT2D eigenvalue weighted by Crippen LogP contribution is -2.79. The van der Waals surface area contributed by atoms with Crippen LogP contribution in [0.4, 0.5) is 0 Å². The number of amides is 2. The van der Waals surface area contributed by atoms with Crippen LogP contribution in [0.1, 0.15) is 6.92 Å². The third-order valence-electron chi connectivity index (χ3n) is 4.65. The van der Waals surface area contributed by atoms with Crippen molar-refractivity contribution >= 4 is 36.0 Å². The van der Waals surface area contributed by atoms with Gasteiger partial charge in [-0.2, -0.15) is 0 Å². The van der Waals surface area contributed by atoms with E-state index in [1.807, 2.05) is 6.07 Å². The van der Waals surface area contributed by atoms with Gasteiger partial charge in [-0.25, -0.2) is 4.79 Å². The first kappa shape index (κ1) is 20.0. The van der Waals surface area contributed by atoms with E-state index in [-0.39, 0.29) is 18.8 Å². The van der Waals surface area contributed by atoms with Gasteiger partial charge in [-0.1, -0.05) is 18.2 Å². The molecule has 28 heavy (non-hydrogen) atoms. The Bertz CT molecular complexity index is 774. The Labute approximate surface area is 165 Å². The number of nitrogens with one attached hydrogen (secondary N) is 1. The maximum absolute atomic E-state index is 12.6. The van der Waals surface area contributed by atoms with Crippen molar-refractivity contribution in [3.05, 3.63) is 30.3 Å². The molecule has 0 bridgehead atoms. The molecule has 0 radical (unpaired) electrons. The molecule has 0 saturated carbocycles. The highest BCUT2D eigenvalue weighted by Crippen LogP contribution is 2.43. The number of nitrogens with zero attached hydrogens (tertiary/aromatic N) is 1. The van der Waals surface area contributed by atoms with Crippen molar-refractivity contribution < 1.29 is 33.4 Å². The summed E-state index contributed by atoms with van der Waals surface area (Å²) in [7, 11) is 1.20. The zero-order valence-corrected chi connectivity index (χ0v) is 16.1. The molecule has 0 spiro atoms. The van der Waals surface area contributed by atoms with Gasteiger partial charge < -0.3 is 24.4 Å². The molecule has 2 aliphatic rings. The highest BCUT2D eigenvalue weighted by molar-refractivity contribution is 8.00. The van der Waals surface area contributed by atoms with E-state index >= 15 is 0 Å². The van der Waals surface area contributed by atoms with Gasteiger partial charge in [-0.15, -0.1) is 11.8 Å². The zero-order valence-electron chi connectivity index (χ0n) is 15.3. The molecule has 4 atom stereocenters. The van der Waals surface area contributed by atoms with Crippen molar-refractivity contribution in [1.29, 1.82) is 0 Å². The number of rotatable bonds is 7. The number of carbonyl (C=O) groups is 4. The molecule has 2 saturated heterocycles. The van der Waals surface area contributed by atoms with E-state index in [2.05, 4.69) is 5.32 Å². The molecule has 9 nitrogen and oxygen atoms in total. The molecule has 0 aliphatic carbocycles. The summed E-state index contributed by atoms with van der Waals surface area (Å²) in [5.41, 5.74) is -1.21. The number of ether oxygens (including phenoxy) is 3. The Morgan fingerprint density at radius 3 is 2.71 bits per heavy atom. The van der Waals surface area contributed by atoms with Gasteiger partial charge in [-0.3, -0.25) is 14.4 Å². The fourth-order valence-corrected chi connectivity index (χ4v) is 4.75. The van der Waals surface area contributed by atoms with Gasteiger partial charge in [0.25, 0.3) is 12.4 Å². The van der Waals surface area contributed by atoms with E-state index in [4.69, 9.17) is 14.2 Å². The third-order valence-corrected chi connectivity index (χ3v) is 6.23. The molecule has 150 valence electrons. The van der Waals surface area contributed by atoms with E-state index in [1.54, 1.807) is 31.2 Å². The summed E-state index contributed by atoms with van der Waals surface area (Å²) in [4.78, 5) is 49.2. The number of β-lactam (4-membered cyclic amide) rings is 1. The summed E-state index contributed by atoms with van der Waals surface area (Å²) in [6.45, 7) is 1.58. The molecule has 2 heterocycles. The maximum atomic E-state index is 12.6. The smallest absolute Gasteiger partial charge is 0.332 e. The van der Waals surface area contributed by atoms with Crippen molar-refractivity contribution in [1.82, 2.24) is 10.2 Å². The van der Waals surface area contributed by atoms with Gasteiger partial charge in [-0.05, 0) is 19.1 Å². The molecule has 2 aliphatic heterocycles. The number of hydrogen-bond donors (Lipinski definition) is 1. The van der Waals surface area contributed by atoms with Crippen LogP contribution in [0.25, 0.3) is 0 Å². The second kappa shape index (κ2) is 8.09. The molecule has 2 fully saturated rings. The third kappa shape index (κ3) is 3.64. The van der Waals surface area contributed by atoms with Crippen molar-refractivity contribution in [2.45, 2.75) is 30.0 Å². The molecule has 2 amide bonds. The lowest BCUT2D eigenvalue weighted by atomic mass is 9.91. The highest BCUT2D eigenvalue weighted by atomic mass is 32.2. The standard InChI is InChI=1S/C18H20N2O7S/c1-18(27-10-21)9-28-16-13(15(23)20(16)14(18)17(24)25-2)19-12(22)8-26-11-6-4-3-5-7-11/h3-7,10,13-14,16H,8-9H2,1-2H3,(H,19,22)/t13?,14?,16-,18+/m0/s1. The van der Waals surface area contributed by atoms with E-state index in [0.29, 0.717) is 5.75 Å². The maximum Gasteiger partial charge on any atom is 0.332 e. The number of thioether (sulfide) groups is 1. The fourth-order valence-electron chi connectivity index (χ4n) is 3.26. The molecule has 1 aromatic carbocycles. The number of esters is 1. The minimum absolute atomic E-state index is 0.239. The summed E-state index contributed by atoms with van der Waals surface area (Å²) in [5.74, 6) is -0.762. The Kier molecular flexibility index (Phi) is 5.78. The fraction of sp³-hybridized carbons (Fsp3) is 0.444. The Balaban J connectivity index is 1.64. The van der Waals surface area contributed by atoms with Crippen LogP contribution in [0, 0.1) is 0 Å². The van der Waals surface area contributed by atoms with Gasteiger partial charge in [0.05, 0.1) is 7.11 Å². The van der Waals surface area contributed by atoms with Gasteiger partial charge in [0.1, 0.15) is 22.8 Å². The summed E-state index contributed by atoms with van der Waals surface area (Å²) in [6, 6.07) is 6.97. The lowest BCUT2D eigenvalue weighted by Gasteiger charge is -2.56. The van der Waals surface area contributed by atoms with E-state index < -0.39 is 40.8 Å². The molecule has 1 N–H and O–H groups in total. The Hall–Kier alpha value is -2.75. The van der Waals surface area contributed by atoms with E-state index in [9.17, 15) is 19.2 Å². The second-order valence-corrected chi connectivity index (χ2v) is 7.65. The number of fused-ring (bicyclic) bond motifs is 1. The normalized spacial score (nSPS) is 28.4. The minimum atomic E-state index is -1.21. The number of carbonyl (C=O) groups excluding carboxylic acids is 4. The largest absolute Gasteiger partial charge is 0.484 e. The quantitative estimate of drug-likeness (QED) is 0.379. The number of methoxy groups -OCH3 is 1. The van der Waals surface area contributed by atoms with Crippen molar-refractivity contribution in [2.24, 2.45) is 0 Å². The van der Waals surface area contributed by atoms with Crippen molar-refractivity contribution in [3.63, 3.8) is 0 Å². The Morgan fingerprint density at radius 2 is 2.07 bits per heavy atom. The Morgan fingerprint density at radius 1 is 1.36 bits per heavy atom. The van der Waals surface area contributed by atoms with E-state index in [1.165, 1.54) is 23.8 Å². The molecule has 0 aromatic heterocycles. The number of benzene rings is 1. The topological polar surface area (TPSA) is 111 Å². The van der Waals surface area contributed by atoms with Crippen LogP contribution in [-0.4, -0.2) is 71.7 Å². The molecular formula is C18H20N2O7S. The average molecular weight is 408 g/mol. The molecule has 10 heteroatoms. The van der Waals surface area contributed by atoms with Crippen LogP contribution in [0.5, 0.6) is 5.75 Å². The predicted molar refractivity (Wildman–Crippen MR) is 98.3 cm³/mol. The van der Waals surface area contributed by atoms with Crippen LogP contribution < -0.4 is 10.1 Å². The van der Waals surface area contributed by atoms with Gasteiger partial charge in [0, 0.05) is 5.75 Å². The molecule has 1 aromatic rings. The summed E-state index contributed by atoms with van der Waals surface area (Å²) >= 11 is 1.32. The SMILES string of the molecule is COC(=O)C1N2C(=O)C(NC(=O)COc3ccccc3)[C@@H]2SC[C@@]1(C)OC=O. The van der Waals surface area contributed by atoms with Crippen LogP contribution >= 0.6 is 11.8 Å². The lowest BCUT2D eigenvalue weighted by molar-refractivity contribution is -0.181. The zero-order chi connectivity index (χ0) is 20.3. The van der Waals surface area contributed by atoms with Crippen LogP contribution in [0.15, 0.2) is 30.3 Å². The van der Waals surface area contributed by atoms with Crippen LogP contribution in [0.2, 0.25) is 0 Å². The predicted octanol–water partition coefficient (Wildman–Crippen LogP) is -0.0614. The summed E-state index contributed by atoms with van der Waals surface area (Å²) in [5, 5.41) is 2.18. The van der Waals surface area contributed by atoms with E-state index in [0.717, 1.165) is 0 Å². The van der Waals surface area contributed by atoms with Gasteiger partial charge >= 0.3 is 5.97 Å². The second-order valence-electron chi connectivity index (χ2n) is 6.55. The first-order valence-electron chi connectivity index (χ1n) is 8.51. The molecule has 2 unspecified atom stereocenters. The highest BCUT2D eigenvalue weighted by Gasteiger charge is 2.63. The number of hydrogen-bond acceptors (Lipinski definition) is 8. The monoisotopic (exact) mass is 408 g/mol. The van der Waals surface area contributed by atoms with Crippen LogP contribution in [0.3, 0.4) is 0 Å². The minimum Gasteiger partial charge on any atom is -0.484 e. The first-order valence-corrected chi connectivity index (χ1v) is 9.56. The molecular weight excluding hydrogens is 388 g/mol. The summed E-state index contributed by atoms with van der Waals surface area (Å²) in [6.07, 6.45) is 0. The number of para-hydroxylation sites is 1. The van der Waals surface area contributed by atoms with Crippen LogP contribution in [-0.2, 0) is 28.7 Å². The first-order chi connectivity index (χ1) is 13.4.